The van der Waals surface area contributed by atoms with Gasteiger partial charge in [-0.2, -0.15) is 8.78 Å². The highest BCUT2D eigenvalue weighted by Gasteiger charge is 2.20. The Morgan fingerprint density at radius 2 is 1.89 bits per heavy atom. The van der Waals surface area contributed by atoms with Crippen molar-refractivity contribution in [3.63, 3.8) is 0 Å². The standard InChI is InChI=1S/C20H17F2NO4/c21-20(22)27-16-7-3-6-14(11-16)19(25)23(13-17-8-4-10-26-17)12-15-5-1-2-9-18(15)24/h1-11,20,24H,12-13H2. The summed E-state index contributed by atoms with van der Waals surface area (Å²) >= 11 is 0. The lowest BCUT2D eigenvalue weighted by Gasteiger charge is -2.22. The predicted molar refractivity (Wildman–Crippen MR) is 93.5 cm³/mol. The maximum Gasteiger partial charge on any atom is 0.387 e. The summed E-state index contributed by atoms with van der Waals surface area (Å²) < 4.78 is 34.6. The number of carbonyl (C=O) groups excluding carboxylic acids is 1. The normalized spacial score (nSPS) is 10.8. The number of alkyl halides is 2. The van der Waals surface area contributed by atoms with Gasteiger partial charge in [0.2, 0.25) is 0 Å². The fourth-order valence-electron chi connectivity index (χ4n) is 2.63. The third kappa shape index (κ3) is 4.84. The number of nitrogens with zero attached hydrogens (tertiary/aromatic N) is 1. The van der Waals surface area contributed by atoms with Gasteiger partial charge in [0.1, 0.15) is 17.3 Å². The van der Waals surface area contributed by atoms with Crippen molar-refractivity contribution >= 4 is 5.91 Å². The highest BCUT2D eigenvalue weighted by molar-refractivity contribution is 5.94. The van der Waals surface area contributed by atoms with E-state index in [9.17, 15) is 18.7 Å². The van der Waals surface area contributed by atoms with Crippen LogP contribution in [0, 0.1) is 0 Å². The number of para-hydroxylation sites is 1. The summed E-state index contributed by atoms with van der Waals surface area (Å²) in [7, 11) is 0. The van der Waals surface area contributed by atoms with Gasteiger partial charge in [-0.1, -0.05) is 24.3 Å². The van der Waals surface area contributed by atoms with Gasteiger partial charge in [0, 0.05) is 11.1 Å². The molecule has 1 amide bonds. The number of phenols is 1. The molecule has 3 rings (SSSR count). The summed E-state index contributed by atoms with van der Waals surface area (Å²) in [6.07, 6.45) is 1.50. The Balaban J connectivity index is 1.87. The van der Waals surface area contributed by atoms with Gasteiger partial charge >= 0.3 is 6.61 Å². The Morgan fingerprint density at radius 3 is 2.59 bits per heavy atom. The molecule has 0 unspecified atom stereocenters. The van der Waals surface area contributed by atoms with E-state index in [0.29, 0.717) is 11.3 Å². The molecule has 7 heteroatoms. The van der Waals surface area contributed by atoms with Crippen LogP contribution in [0.4, 0.5) is 8.78 Å². The molecule has 0 saturated carbocycles. The summed E-state index contributed by atoms with van der Waals surface area (Å²) in [5, 5.41) is 10.0. The minimum absolute atomic E-state index is 0.0597. The number of phenolic OH excluding ortho intramolecular Hbond substituents is 1. The molecule has 1 aromatic heterocycles. The van der Waals surface area contributed by atoms with E-state index in [4.69, 9.17) is 4.42 Å². The molecule has 3 aromatic rings. The van der Waals surface area contributed by atoms with Crippen molar-refractivity contribution in [3.8, 4) is 11.5 Å². The zero-order valence-corrected chi connectivity index (χ0v) is 14.2. The van der Waals surface area contributed by atoms with Crippen LogP contribution in [0.1, 0.15) is 21.7 Å². The van der Waals surface area contributed by atoms with E-state index in [1.54, 1.807) is 30.3 Å². The monoisotopic (exact) mass is 373 g/mol. The number of aromatic hydroxyl groups is 1. The molecule has 0 radical (unpaired) electrons. The number of halogens is 2. The molecule has 1 heterocycles. The van der Waals surface area contributed by atoms with Crippen LogP contribution in [0.3, 0.4) is 0 Å². The van der Waals surface area contributed by atoms with Gasteiger partial charge < -0.3 is 19.2 Å². The highest BCUT2D eigenvalue weighted by Crippen LogP contribution is 2.22. The van der Waals surface area contributed by atoms with Crippen LogP contribution >= 0.6 is 0 Å². The van der Waals surface area contributed by atoms with Crippen LogP contribution in [0.5, 0.6) is 11.5 Å². The smallest absolute Gasteiger partial charge is 0.387 e. The summed E-state index contributed by atoms with van der Waals surface area (Å²) in [4.78, 5) is 14.4. The molecule has 0 atom stereocenters. The van der Waals surface area contributed by atoms with Crippen molar-refractivity contribution in [2.24, 2.45) is 0 Å². The average Bonchev–Trinajstić information content (AvgIpc) is 3.15. The maximum atomic E-state index is 13.0. The van der Waals surface area contributed by atoms with E-state index in [1.807, 2.05) is 0 Å². The molecule has 140 valence electrons. The fourth-order valence-corrected chi connectivity index (χ4v) is 2.63. The Labute approximate surface area is 154 Å². The third-order valence-corrected chi connectivity index (χ3v) is 3.87. The molecule has 0 aliphatic heterocycles. The number of hydrogen-bond acceptors (Lipinski definition) is 4. The van der Waals surface area contributed by atoms with Crippen molar-refractivity contribution in [2.45, 2.75) is 19.7 Å². The van der Waals surface area contributed by atoms with E-state index in [-0.39, 0.29) is 30.2 Å². The number of amides is 1. The summed E-state index contributed by atoms with van der Waals surface area (Å²) in [5.41, 5.74) is 0.743. The minimum atomic E-state index is -2.98. The Kier molecular flexibility index (Phi) is 5.71. The molecule has 0 aliphatic rings. The Hall–Kier alpha value is -3.35. The van der Waals surface area contributed by atoms with E-state index < -0.39 is 12.5 Å². The first-order valence-electron chi connectivity index (χ1n) is 8.16. The second-order valence-electron chi connectivity index (χ2n) is 5.78. The van der Waals surface area contributed by atoms with Gasteiger partial charge in [0.15, 0.2) is 0 Å². The topological polar surface area (TPSA) is 62.9 Å². The van der Waals surface area contributed by atoms with Gasteiger partial charge in [-0.15, -0.1) is 0 Å². The number of rotatable bonds is 7. The third-order valence-electron chi connectivity index (χ3n) is 3.87. The van der Waals surface area contributed by atoms with Crippen molar-refractivity contribution in [2.75, 3.05) is 0 Å². The van der Waals surface area contributed by atoms with E-state index in [2.05, 4.69) is 4.74 Å². The molecular formula is C20H17F2NO4. The molecule has 0 saturated heterocycles. The minimum Gasteiger partial charge on any atom is -0.508 e. The number of ether oxygens (including phenoxy) is 1. The number of benzene rings is 2. The van der Waals surface area contributed by atoms with Crippen LogP contribution in [-0.2, 0) is 13.1 Å². The number of furan rings is 1. The molecular weight excluding hydrogens is 356 g/mol. The zero-order chi connectivity index (χ0) is 19.2. The van der Waals surface area contributed by atoms with Crippen LogP contribution in [0.15, 0.2) is 71.3 Å². The SMILES string of the molecule is O=C(c1cccc(OC(F)F)c1)N(Cc1ccco1)Cc1ccccc1O. The highest BCUT2D eigenvalue weighted by atomic mass is 19.3. The van der Waals surface area contributed by atoms with Crippen LogP contribution < -0.4 is 4.74 Å². The van der Waals surface area contributed by atoms with Gasteiger partial charge in [-0.3, -0.25) is 4.79 Å². The Bertz CT molecular complexity index is 897. The number of carbonyl (C=O) groups is 1. The molecule has 0 bridgehead atoms. The molecule has 27 heavy (non-hydrogen) atoms. The van der Waals surface area contributed by atoms with Crippen LogP contribution in [0.2, 0.25) is 0 Å². The summed E-state index contributed by atoms with van der Waals surface area (Å²) in [6.45, 7) is -2.71. The first-order valence-corrected chi connectivity index (χ1v) is 8.16. The maximum absolute atomic E-state index is 13.0. The van der Waals surface area contributed by atoms with Gasteiger partial charge in [0.25, 0.3) is 5.91 Å². The van der Waals surface area contributed by atoms with Crippen LogP contribution in [-0.4, -0.2) is 22.5 Å². The fraction of sp³-hybridized carbons (Fsp3) is 0.150. The Morgan fingerprint density at radius 1 is 1.07 bits per heavy atom. The lowest BCUT2D eigenvalue weighted by Crippen LogP contribution is -2.30. The predicted octanol–water partition coefficient (Wildman–Crippen LogP) is 4.43. The van der Waals surface area contributed by atoms with Crippen molar-refractivity contribution in [1.82, 2.24) is 4.90 Å². The average molecular weight is 373 g/mol. The largest absolute Gasteiger partial charge is 0.508 e. The van der Waals surface area contributed by atoms with Crippen molar-refractivity contribution < 1.29 is 27.8 Å². The molecule has 0 aliphatic carbocycles. The first kappa shape index (κ1) is 18.4. The van der Waals surface area contributed by atoms with E-state index in [0.717, 1.165) is 0 Å². The number of hydrogen-bond donors (Lipinski definition) is 1. The van der Waals surface area contributed by atoms with Gasteiger partial charge in [0.05, 0.1) is 19.4 Å². The second kappa shape index (κ2) is 8.35. The second-order valence-corrected chi connectivity index (χ2v) is 5.78. The van der Waals surface area contributed by atoms with Crippen molar-refractivity contribution in [1.29, 1.82) is 0 Å². The zero-order valence-electron chi connectivity index (χ0n) is 14.2. The molecule has 0 fully saturated rings. The van der Waals surface area contributed by atoms with Crippen molar-refractivity contribution in [3.05, 3.63) is 83.8 Å². The molecule has 1 N–H and O–H groups in total. The molecule has 5 nitrogen and oxygen atoms in total. The quantitative estimate of drug-likeness (QED) is 0.666. The summed E-state index contributed by atoms with van der Waals surface area (Å²) in [6, 6.07) is 15.7. The molecule has 0 spiro atoms. The van der Waals surface area contributed by atoms with E-state index in [1.165, 1.54) is 41.5 Å². The van der Waals surface area contributed by atoms with Gasteiger partial charge in [-0.05, 0) is 36.4 Å². The van der Waals surface area contributed by atoms with Gasteiger partial charge in [-0.25, -0.2) is 0 Å². The lowest BCUT2D eigenvalue weighted by molar-refractivity contribution is -0.0499. The summed E-state index contributed by atoms with van der Waals surface area (Å²) in [5.74, 6) is 0.106. The van der Waals surface area contributed by atoms with Crippen LogP contribution in [0.25, 0.3) is 0 Å². The molecule has 2 aromatic carbocycles. The lowest BCUT2D eigenvalue weighted by atomic mass is 10.1. The first-order chi connectivity index (χ1) is 13.0. The van der Waals surface area contributed by atoms with E-state index >= 15 is 0 Å².